The molecule has 86 valence electrons. The van der Waals surface area contributed by atoms with Gasteiger partial charge in [0.05, 0.1) is 16.6 Å². The lowest BCUT2D eigenvalue weighted by Crippen LogP contribution is -2.09. The monoisotopic (exact) mass is 246 g/mol. The Morgan fingerprint density at radius 3 is 2.76 bits per heavy atom. The van der Waals surface area contributed by atoms with E-state index in [1.807, 2.05) is 11.4 Å². The van der Waals surface area contributed by atoms with Gasteiger partial charge in [-0.15, -0.1) is 11.3 Å². The Hall–Kier alpha value is -1.68. The minimum absolute atomic E-state index is 0.160. The van der Waals surface area contributed by atoms with Crippen molar-refractivity contribution in [2.45, 2.75) is 12.5 Å². The summed E-state index contributed by atoms with van der Waals surface area (Å²) in [5.41, 5.74) is 5.25. The van der Waals surface area contributed by atoms with E-state index in [9.17, 15) is 4.39 Å². The van der Waals surface area contributed by atoms with Gasteiger partial charge in [0.15, 0.2) is 0 Å². The Balaban J connectivity index is 1.76. The van der Waals surface area contributed by atoms with Crippen LogP contribution in [-0.4, -0.2) is 5.71 Å². The number of halogens is 1. The molecule has 0 unspecified atom stereocenters. The zero-order valence-corrected chi connectivity index (χ0v) is 9.88. The largest absolute Gasteiger partial charge is 0.302 e. The van der Waals surface area contributed by atoms with E-state index in [4.69, 9.17) is 0 Å². The lowest BCUT2D eigenvalue weighted by molar-refractivity contribution is 0.607. The molecule has 0 radical (unpaired) electrons. The number of benzene rings is 1. The second-order valence-corrected chi connectivity index (χ2v) is 4.92. The van der Waals surface area contributed by atoms with Gasteiger partial charge >= 0.3 is 0 Å². The lowest BCUT2D eigenvalue weighted by Gasteiger charge is -2.09. The summed E-state index contributed by atoms with van der Waals surface area (Å²) in [6.07, 6.45) is 0.853. The van der Waals surface area contributed by atoms with Gasteiger partial charge in [-0.1, -0.05) is 18.2 Å². The number of hydrogen-bond donors (Lipinski definition) is 1. The third kappa shape index (κ3) is 2.08. The SMILES string of the molecule is Fc1ccc([C@H]2CC(c3cccs3)=NN2)cc1. The molecule has 0 fully saturated rings. The summed E-state index contributed by atoms with van der Waals surface area (Å²) in [5, 5.41) is 6.39. The predicted octanol–water partition coefficient (Wildman–Crippen LogP) is 3.33. The summed E-state index contributed by atoms with van der Waals surface area (Å²) in [5.74, 6) is -0.203. The molecule has 0 spiro atoms. The van der Waals surface area contributed by atoms with Crippen molar-refractivity contribution in [1.82, 2.24) is 5.43 Å². The van der Waals surface area contributed by atoms with Crippen LogP contribution in [0.2, 0.25) is 0 Å². The number of hydrogen-bond acceptors (Lipinski definition) is 3. The number of hydrazone groups is 1. The lowest BCUT2D eigenvalue weighted by atomic mass is 10.0. The maximum atomic E-state index is 12.8. The second kappa shape index (κ2) is 4.30. The smallest absolute Gasteiger partial charge is 0.123 e. The Morgan fingerprint density at radius 2 is 2.06 bits per heavy atom. The molecule has 3 rings (SSSR count). The van der Waals surface area contributed by atoms with Gasteiger partial charge in [0.25, 0.3) is 0 Å². The van der Waals surface area contributed by atoms with Crippen LogP contribution in [0.3, 0.4) is 0 Å². The highest BCUT2D eigenvalue weighted by Crippen LogP contribution is 2.26. The van der Waals surface area contributed by atoms with Gasteiger partial charge in [-0.25, -0.2) is 4.39 Å². The molecule has 2 nitrogen and oxygen atoms in total. The van der Waals surface area contributed by atoms with Crippen molar-refractivity contribution in [1.29, 1.82) is 0 Å². The predicted molar refractivity (Wildman–Crippen MR) is 67.7 cm³/mol. The van der Waals surface area contributed by atoms with Crippen LogP contribution in [0, 0.1) is 5.82 Å². The first-order chi connectivity index (χ1) is 8.33. The molecule has 17 heavy (non-hydrogen) atoms. The molecule has 1 aliphatic heterocycles. The van der Waals surface area contributed by atoms with Crippen LogP contribution in [0.4, 0.5) is 4.39 Å². The fourth-order valence-corrected chi connectivity index (χ4v) is 2.65. The van der Waals surface area contributed by atoms with Crippen molar-refractivity contribution in [2.75, 3.05) is 0 Å². The summed E-state index contributed by atoms with van der Waals surface area (Å²) < 4.78 is 12.8. The fourth-order valence-electron chi connectivity index (χ4n) is 1.93. The van der Waals surface area contributed by atoms with E-state index in [1.54, 1.807) is 23.5 Å². The third-order valence-corrected chi connectivity index (χ3v) is 3.75. The quantitative estimate of drug-likeness (QED) is 0.863. The average molecular weight is 246 g/mol. The molecule has 1 aromatic heterocycles. The molecular formula is C13H11FN2S. The van der Waals surface area contributed by atoms with Crippen molar-refractivity contribution in [3.05, 3.63) is 58.0 Å². The molecular weight excluding hydrogens is 235 g/mol. The maximum absolute atomic E-state index is 12.8. The zero-order chi connectivity index (χ0) is 11.7. The highest BCUT2D eigenvalue weighted by atomic mass is 32.1. The van der Waals surface area contributed by atoms with Crippen molar-refractivity contribution in [3.8, 4) is 0 Å². The molecule has 4 heteroatoms. The number of nitrogens with zero attached hydrogens (tertiary/aromatic N) is 1. The number of rotatable bonds is 2. The fraction of sp³-hybridized carbons (Fsp3) is 0.154. The Labute approximate surface area is 103 Å². The van der Waals surface area contributed by atoms with E-state index < -0.39 is 0 Å². The molecule has 1 aliphatic rings. The number of nitrogens with one attached hydrogen (secondary N) is 1. The highest BCUT2D eigenvalue weighted by molar-refractivity contribution is 7.12. The van der Waals surface area contributed by atoms with E-state index in [0.29, 0.717) is 0 Å². The van der Waals surface area contributed by atoms with Crippen LogP contribution < -0.4 is 5.43 Å². The molecule has 0 bridgehead atoms. The van der Waals surface area contributed by atoms with Gasteiger partial charge in [0.1, 0.15) is 5.82 Å². The average Bonchev–Trinajstić information content (AvgIpc) is 3.00. The molecule has 1 N–H and O–H groups in total. The summed E-state index contributed by atoms with van der Waals surface area (Å²) in [6, 6.07) is 10.8. The van der Waals surface area contributed by atoms with Gasteiger partial charge in [0, 0.05) is 6.42 Å². The van der Waals surface area contributed by atoms with E-state index in [0.717, 1.165) is 17.7 Å². The third-order valence-electron chi connectivity index (χ3n) is 2.83. The summed E-state index contributed by atoms with van der Waals surface area (Å²) in [7, 11) is 0. The van der Waals surface area contributed by atoms with Crippen molar-refractivity contribution < 1.29 is 4.39 Å². The maximum Gasteiger partial charge on any atom is 0.123 e. The van der Waals surface area contributed by atoms with Gasteiger partial charge < -0.3 is 5.43 Å². The van der Waals surface area contributed by atoms with Crippen molar-refractivity contribution in [3.63, 3.8) is 0 Å². The van der Waals surface area contributed by atoms with Crippen LogP contribution in [0.25, 0.3) is 0 Å². The Morgan fingerprint density at radius 1 is 1.24 bits per heavy atom. The van der Waals surface area contributed by atoms with Gasteiger partial charge in [-0.2, -0.15) is 5.10 Å². The molecule has 2 aromatic rings. The normalized spacial score (nSPS) is 18.9. The summed E-state index contributed by atoms with van der Waals surface area (Å²) in [4.78, 5) is 1.20. The first kappa shape index (κ1) is 10.5. The van der Waals surface area contributed by atoms with E-state index >= 15 is 0 Å². The minimum Gasteiger partial charge on any atom is -0.302 e. The molecule has 2 heterocycles. The van der Waals surface area contributed by atoms with Gasteiger partial charge in [-0.05, 0) is 29.1 Å². The summed E-state index contributed by atoms with van der Waals surface area (Å²) >= 11 is 1.69. The van der Waals surface area contributed by atoms with Crippen LogP contribution in [0.15, 0.2) is 46.9 Å². The minimum atomic E-state index is -0.203. The molecule has 0 saturated heterocycles. The van der Waals surface area contributed by atoms with E-state index in [1.165, 1.54) is 17.0 Å². The first-order valence-electron chi connectivity index (χ1n) is 5.44. The van der Waals surface area contributed by atoms with Crippen LogP contribution in [-0.2, 0) is 0 Å². The van der Waals surface area contributed by atoms with Crippen molar-refractivity contribution >= 4 is 17.0 Å². The molecule has 0 amide bonds. The zero-order valence-electron chi connectivity index (χ0n) is 9.06. The number of thiophene rings is 1. The summed E-state index contributed by atoms with van der Waals surface area (Å²) in [6.45, 7) is 0. The standard InChI is InChI=1S/C13H11FN2S/c14-10-5-3-9(4-6-10)11-8-12(16-15-11)13-2-1-7-17-13/h1-7,11,15H,8H2/t11-/m1/s1. The molecule has 1 aromatic carbocycles. The molecule has 0 saturated carbocycles. The van der Waals surface area contributed by atoms with Crippen molar-refractivity contribution in [2.24, 2.45) is 5.10 Å². The second-order valence-electron chi connectivity index (χ2n) is 3.97. The van der Waals surface area contributed by atoms with Crippen LogP contribution in [0.1, 0.15) is 22.9 Å². The van der Waals surface area contributed by atoms with E-state index in [2.05, 4.69) is 16.6 Å². The van der Waals surface area contributed by atoms with Gasteiger partial charge in [-0.3, -0.25) is 0 Å². The molecule has 0 aliphatic carbocycles. The topological polar surface area (TPSA) is 24.4 Å². The van der Waals surface area contributed by atoms with E-state index in [-0.39, 0.29) is 11.9 Å². The Kier molecular flexibility index (Phi) is 2.65. The van der Waals surface area contributed by atoms with Gasteiger partial charge in [0.2, 0.25) is 0 Å². The Bertz CT molecular complexity index is 531. The molecule has 1 atom stereocenters. The first-order valence-corrected chi connectivity index (χ1v) is 6.32. The van der Waals surface area contributed by atoms with Crippen LogP contribution in [0.5, 0.6) is 0 Å². The van der Waals surface area contributed by atoms with Crippen LogP contribution >= 0.6 is 11.3 Å². The highest BCUT2D eigenvalue weighted by Gasteiger charge is 2.21.